The molecule has 0 aliphatic rings. The summed E-state index contributed by atoms with van der Waals surface area (Å²) < 4.78 is 19.1. The molecule has 0 bridgehead atoms. The van der Waals surface area contributed by atoms with Gasteiger partial charge >= 0.3 is 5.97 Å². The van der Waals surface area contributed by atoms with E-state index in [0.717, 1.165) is 11.6 Å². The van der Waals surface area contributed by atoms with Gasteiger partial charge < -0.3 is 15.6 Å². The summed E-state index contributed by atoms with van der Waals surface area (Å²) in [6, 6.07) is 12.8. The first kappa shape index (κ1) is 16.9. The number of hydrogen-bond acceptors (Lipinski definition) is 5. The monoisotopic (exact) mass is 327 g/mol. The highest BCUT2D eigenvalue weighted by atomic mass is 19.1. The van der Waals surface area contributed by atoms with E-state index >= 15 is 0 Å². The van der Waals surface area contributed by atoms with Crippen molar-refractivity contribution < 1.29 is 19.0 Å². The minimum Gasteiger partial charge on any atom is -0.476 e. The van der Waals surface area contributed by atoms with Gasteiger partial charge in [-0.1, -0.05) is 30.0 Å². The lowest BCUT2D eigenvalue weighted by Gasteiger charge is -2.11. The third-order valence-corrected chi connectivity index (χ3v) is 2.88. The van der Waals surface area contributed by atoms with E-state index in [-0.39, 0.29) is 17.2 Å². The van der Waals surface area contributed by atoms with Crippen molar-refractivity contribution in [1.29, 1.82) is 0 Å². The zero-order chi connectivity index (χ0) is 17.5. The molecule has 2 aromatic carbocycles. The SMILES string of the molecule is NN/C(Oc1ccc(F)c(C#Cc2ccccc2)c1)=C(\N)C(=O)O. The Morgan fingerprint density at radius 2 is 1.88 bits per heavy atom. The highest BCUT2D eigenvalue weighted by Crippen LogP contribution is 2.18. The van der Waals surface area contributed by atoms with Crippen LogP contribution in [0.5, 0.6) is 5.75 Å². The molecule has 0 saturated heterocycles. The summed E-state index contributed by atoms with van der Waals surface area (Å²) in [4.78, 5) is 10.8. The fourth-order valence-corrected chi connectivity index (χ4v) is 1.70. The molecule has 7 heteroatoms. The third-order valence-electron chi connectivity index (χ3n) is 2.88. The molecule has 0 fully saturated rings. The van der Waals surface area contributed by atoms with Gasteiger partial charge in [0, 0.05) is 5.56 Å². The van der Waals surface area contributed by atoms with Crippen LogP contribution in [0.4, 0.5) is 4.39 Å². The molecule has 0 saturated carbocycles. The van der Waals surface area contributed by atoms with E-state index in [1.54, 1.807) is 12.1 Å². The Morgan fingerprint density at radius 3 is 2.50 bits per heavy atom. The molecule has 0 unspecified atom stereocenters. The van der Waals surface area contributed by atoms with Crippen molar-refractivity contribution in [3.63, 3.8) is 0 Å². The van der Waals surface area contributed by atoms with Crippen LogP contribution in [0, 0.1) is 17.7 Å². The molecule has 0 aliphatic heterocycles. The highest BCUT2D eigenvalue weighted by Gasteiger charge is 2.13. The molecular weight excluding hydrogens is 313 g/mol. The minimum atomic E-state index is -1.41. The number of hydrazine groups is 1. The molecule has 122 valence electrons. The van der Waals surface area contributed by atoms with Crippen molar-refractivity contribution in [1.82, 2.24) is 5.43 Å². The lowest BCUT2D eigenvalue weighted by Crippen LogP contribution is -2.31. The highest BCUT2D eigenvalue weighted by molar-refractivity contribution is 5.85. The number of hydrogen-bond donors (Lipinski definition) is 4. The van der Waals surface area contributed by atoms with E-state index in [0.29, 0.717) is 0 Å². The molecule has 24 heavy (non-hydrogen) atoms. The van der Waals surface area contributed by atoms with Gasteiger partial charge in [0.15, 0.2) is 5.70 Å². The van der Waals surface area contributed by atoms with Crippen LogP contribution < -0.4 is 21.7 Å². The van der Waals surface area contributed by atoms with Crippen molar-refractivity contribution in [2.45, 2.75) is 0 Å². The number of halogens is 1. The summed E-state index contributed by atoms with van der Waals surface area (Å²) >= 11 is 0. The Labute approximate surface area is 137 Å². The first-order valence-electron chi connectivity index (χ1n) is 6.75. The first-order chi connectivity index (χ1) is 11.5. The van der Waals surface area contributed by atoms with E-state index in [9.17, 15) is 9.18 Å². The zero-order valence-electron chi connectivity index (χ0n) is 12.4. The van der Waals surface area contributed by atoms with Crippen LogP contribution in [0.15, 0.2) is 60.1 Å². The Kier molecular flexibility index (Phi) is 5.39. The molecule has 2 aromatic rings. The van der Waals surface area contributed by atoms with Crippen molar-refractivity contribution in [3.05, 3.63) is 77.1 Å². The van der Waals surface area contributed by atoms with Gasteiger partial charge in [-0.15, -0.1) is 0 Å². The van der Waals surface area contributed by atoms with Gasteiger partial charge in [0.05, 0.1) is 5.56 Å². The number of carboxylic acids is 1. The van der Waals surface area contributed by atoms with Crippen LogP contribution in [-0.4, -0.2) is 11.1 Å². The molecule has 2 rings (SSSR count). The van der Waals surface area contributed by atoms with E-state index in [1.165, 1.54) is 12.1 Å². The maximum atomic E-state index is 13.8. The Morgan fingerprint density at radius 1 is 1.17 bits per heavy atom. The number of benzene rings is 2. The summed E-state index contributed by atoms with van der Waals surface area (Å²) in [5.74, 6) is 8.52. The van der Waals surface area contributed by atoms with Crippen LogP contribution in [0.2, 0.25) is 0 Å². The second kappa shape index (κ2) is 7.67. The van der Waals surface area contributed by atoms with E-state index in [1.807, 2.05) is 23.6 Å². The van der Waals surface area contributed by atoms with Gasteiger partial charge in [-0.25, -0.2) is 15.0 Å². The van der Waals surface area contributed by atoms with E-state index in [2.05, 4.69) is 11.8 Å². The Hall–Kier alpha value is -3.50. The summed E-state index contributed by atoms with van der Waals surface area (Å²) in [7, 11) is 0. The molecule has 0 spiro atoms. The second-order valence-corrected chi connectivity index (χ2v) is 4.55. The molecule has 0 aliphatic carbocycles. The molecule has 0 atom stereocenters. The average molecular weight is 327 g/mol. The molecule has 0 amide bonds. The maximum absolute atomic E-state index is 13.8. The van der Waals surface area contributed by atoms with Crippen LogP contribution >= 0.6 is 0 Å². The fraction of sp³-hybridized carbons (Fsp3) is 0. The number of nitrogens with two attached hydrogens (primary N) is 2. The largest absolute Gasteiger partial charge is 0.476 e. The second-order valence-electron chi connectivity index (χ2n) is 4.55. The van der Waals surface area contributed by atoms with Gasteiger partial charge in [-0.05, 0) is 30.3 Å². The predicted molar refractivity (Wildman–Crippen MR) is 85.6 cm³/mol. The summed E-state index contributed by atoms with van der Waals surface area (Å²) in [5, 5.41) is 8.83. The quantitative estimate of drug-likeness (QED) is 0.221. The van der Waals surface area contributed by atoms with Crippen molar-refractivity contribution in [2.24, 2.45) is 11.6 Å². The molecule has 0 radical (unpaired) electrons. The zero-order valence-corrected chi connectivity index (χ0v) is 12.4. The molecular formula is C17H14FN3O3. The molecule has 6 N–H and O–H groups in total. The summed E-state index contributed by atoms with van der Waals surface area (Å²) in [6.07, 6.45) is 0. The van der Waals surface area contributed by atoms with Crippen LogP contribution in [-0.2, 0) is 4.79 Å². The van der Waals surface area contributed by atoms with Crippen LogP contribution in [0.3, 0.4) is 0 Å². The predicted octanol–water partition coefficient (Wildman–Crippen LogP) is 1.28. The first-order valence-corrected chi connectivity index (χ1v) is 6.75. The molecule has 6 nitrogen and oxygen atoms in total. The van der Waals surface area contributed by atoms with Crippen LogP contribution in [0.1, 0.15) is 11.1 Å². The number of rotatable bonds is 4. The smallest absolute Gasteiger partial charge is 0.357 e. The molecule has 0 heterocycles. The lowest BCUT2D eigenvalue weighted by atomic mass is 10.1. The van der Waals surface area contributed by atoms with Crippen molar-refractivity contribution in [2.75, 3.05) is 0 Å². The van der Waals surface area contributed by atoms with Gasteiger partial charge in [0.2, 0.25) is 5.88 Å². The van der Waals surface area contributed by atoms with Gasteiger partial charge in [0.1, 0.15) is 11.6 Å². The molecule has 0 aromatic heterocycles. The van der Waals surface area contributed by atoms with Gasteiger partial charge in [-0.2, -0.15) is 0 Å². The van der Waals surface area contributed by atoms with Gasteiger partial charge in [0.25, 0.3) is 0 Å². The normalized spacial score (nSPS) is 10.9. The minimum absolute atomic E-state index is 0.0848. The van der Waals surface area contributed by atoms with E-state index < -0.39 is 17.5 Å². The number of nitrogens with one attached hydrogen (secondary N) is 1. The van der Waals surface area contributed by atoms with Crippen molar-refractivity contribution >= 4 is 5.97 Å². The van der Waals surface area contributed by atoms with Crippen molar-refractivity contribution in [3.8, 4) is 17.6 Å². The summed E-state index contributed by atoms with van der Waals surface area (Å²) in [6.45, 7) is 0. The third kappa shape index (κ3) is 4.25. The number of aliphatic carboxylic acids is 1. The number of carboxylic acid groups (broad SMARTS) is 1. The maximum Gasteiger partial charge on any atom is 0.357 e. The fourth-order valence-electron chi connectivity index (χ4n) is 1.70. The number of carbonyl (C=O) groups is 1. The standard InChI is InChI=1S/C17H14FN3O3/c18-14-9-8-13(24-16(21-20)15(19)17(22)23)10-12(14)7-6-11-4-2-1-3-5-11/h1-5,8-10,21H,19-20H2,(H,22,23)/b16-15+. The van der Waals surface area contributed by atoms with Crippen LogP contribution in [0.25, 0.3) is 0 Å². The average Bonchev–Trinajstić information content (AvgIpc) is 2.60. The Bertz CT molecular complexity index is 839. The Balaban J connectivity index is 2.31. The van der Waals surface area contributed by atoms with Gasteiger partial charge in [-0.3, -0.25) is 5.43 Å². The van der Waals surface area contributed by atoms with E-state index in [4.69, 9.17) is 21.4 Å². The summed E-state index contributed by atoms with van der Waals surface area (Å²) in [5.41, 5.74) is 7.57. The lowest BCUT2D eigenvalue weighted by molar-refractivity contribution is -0.132. The topological polar surface area (TPSA) is 111 Å². The number of ether oxygens (including phenoxy) is 1.